The number of nitrogens with zero attached hydrogens (tertiary/aromatic N) is 5. The van der Waals surface area contributed by atoms with E-state index in [0.717, 1.165) is 28.9 Å². The molecule has 0 saturated carbocycles. The molecule has 158 valence electrons. The van der Waals surface area contributed by atoms with Crippen LogP contribution in [0, 0.1) is 13.8 Å². The highest BCUT2D eigenvalue weighted by Gasteiger charge is 2.36. The Morgan fingerprint density at radius 3 is 2.58 bits per heavy atom. The zero-order valence-electron chi connectivity index (χ0n) is 17.9. The summed E-state index contributed by atoms with van der Waals surface area (Å²) in [7, 11) is 0. The van der Waals surface area contributed by atoms with Crippen molar-refractivity contribution in [3.05, 3.63) is 77.5 Å². The first-order valence-corrected chi connectivity index (χ1v) is 10.4. The molecule has 0 N–H and O–H groups in total. The van der Waals surface area contributed by atoms with Crippen molar-refractivity contribution in [3.8, 4) is 11.3 Å². The first-order chi connectivity index (χ1) is 14.9. The molecule has 0 spiro atoms. The fraction of sp³-hybridized carbons (Fsp3) is 0.292. The standard InChI is InChI=1S/C24H25N5O2/c1-16-7-9-22(27-12-16)19-5-4-6-20(11-19)24(31)28(29-18(3)8-10-23(29)30)15-21-14-25-17(2)13-26-21/h4-7,9,11-14,18H,8,10,15H2,1-3H3. The molecule has 2 amide bonds. The van der Waals surface area contributed by atoms with Gasteiger partial charge in [0, 0.05) is 29.9 Å². The van der Waals surface area contributed by atoms with Crippen molar-refractivity contribution in [3.63, 3.8) is 0 Å². The number of aromatic nitrogens is 3. The highest BCUT2D eigenvalue weighted by molar-refractivity contribution is 5.96. The molecule has 7 nitrogen and oxygen atoms in total. The van der Waals surface area contributed by atoms with Crippen LogP contribution < -0.4 is 0 Å². The lowest BCUT2D eigenvalue weighted by Gasteiger charge is -2.34. The summed E-state index contributed by atoms with van der Waals surface area (Å²) < 4.78 is 0. The molecule has 1 aliphatic rings. The summed E-state index contributed by atoms with van der Waals surface area (Å²) in [5.74, 6) is -0.310. The Hall–Kier alpha value is -3.61. The lowest BCUT2D eigenvalue weighted by Crippen LogP contribution is -2.49. The Kier molecular flexibility index (Phi) is 5.75. The van der Waals surface area contributed by atoms with Gasteiger partial charge in [-0.05, 0) is 51.0 Å². The number of aryl methyl sites for hydroxylation is 2. The van der Waals surface area contributed by atoms with Crippen molar-refractivity contribution in [2.75, 3.05) is 0 Å². The number of pyridine rings is 1. The minimum atomic E-state index is -0.251. The van der Waals surface area contributed by atoms with Crippen molar-refractivity contribution < 1.29 is 9.59 Å². The molecular weight excluding hydrogens is 390 g/mol. The Morgan fingerprint density at radius 1 is 1.10 bits per heavy atom. The monoisotopic (exact) mass is 415 g/mol. The number of hydrogen-bond acceptors (Lipinski definition) is 5. The van der Waals surface area contributed by atoms with Gasteiger partial charge in [-0.1, -0.05) is 18.2 Å². The maximum atomic E-state index is 13.6. The smallest absolute Gasteiger partial charge is 0.272 e. The number of carbonyl (C=O) groups is 2. The van der Waals surface area contributed by atoms with Gasteiger partial charge in [0.25, 0.3) is 5.91 Å². The number of hydrazine groups is 1. The third kappa shape index (κ3) is 4.45. The first-order valence-electron chi connectivity index (χ1n) is 10.4. The van der Waals surface area contributed by atoms with Gasteiger partial charge in [-0.25, -0.2) is 10.0 Å². The van der Waals surface area contributed by atoms with Gasteiger partial charge in [0.1, 0.15) is 0 Å². The van der Waals surface area contributed by atoms with E-state index in [0.29, 0.717) is 17.7 Å². The van der Waals surface area contributed by atoms with Crippen LogP contribution in [0.4, 0.5) is 0 Å². The van der Waals surface area contributed by atoms with Crippen LogP contribution in [0.15, 0.2) is 55.0 Å². The molecule has 1 atom stereocenters. The van der Waals surface area contributed by atoms with Gasteiger partial charge in [0.15, 0.2) is 0 Å². The Bertz CT molecular complexity index is 1100. The lowest BCUT2D eigenvalue weighted by atomic mass is 10.1. The normalized spacial score (nSPS) is 15.9. The van der Waals surface area contributed by atoms with Crippen molar-refractivity contribution >= 4 is 11.8 Å². The summed E-state index contributed by atoms with van der Waals surface area (Å²) in [5.41, 5.74) is 4.63. The molecule has 0 radical (unpaired) electrons. The van der Waals surface area contributed by atoms with E-state index in [1.165, 1.54) is 5.01 Å². The third-order valence-corrected chi connectivity index (χ3v) is 5.41. The molecule has 3 heterocycles. The largest absolute Gasteiger partial charge is 0.273 e. The van der Waals surface area contributed by atoms with Crippen LogP contribution in [0.25, 0.3) is 11.3 Å². The van der Waals surface area contributed by atoms with Crippen molar-refractivity contribution in [1.29, 1.82) is 0 Å². The van der Waals surface area contributed by atoms with Crippen LogP contribution in [0.1, 0.15) is 47.1 Å². The summed E-state index contributed by atoms with van der Waals surface area (Å²) in [5, 5.41) is 3.07. The second-order valence-corrected chi connectivity index (χ2v) is 7.94. The molecule has 7 heteroatoms. The summed E-state index contributed by atoms with van der Waals surface area (Å²) in [6.45, 7) is 5.97. The predicted octanol–water partition coefficient (Wildman–Crippen LogP) is 3.72. The van der Waals surface area contributed by atoms with E-state index in [1.54, 1.807) is 29.7 Å². The number of carbonyl (C=O) groups excluding carboxylic acids is 2. The highest BCUT2D eigenvalue weighted by atomic mass is 16.2. The summed E-state index contributed by atoms with van der Waals surface area (Å²) in [4.78, 5) is 39.3. The van der Waals surface area contributed by atoms with Gasteiger partial charge in [0.2, 0.25) is 5.91 Å². The van der Waals surface area contributed by atoms with Gasteiger partial charge >= 0.3 is 0 Å². The molecule has 0 aliphatic carbocycles. The van der Waals surface area contributed by atoms with E-state index in [2.05, 4.69) is 15.0 Å². The van der Waals surface area contributed by atoms with E-state index in [-0.39, 0.29) is 24.4 Å². The molecule has 3 aromatic rings. The number of rotatable bonds is 5. The van der Waals surface area contributed by atoms with E-state index >= 15 is 0 Å². The molecular formula is C24H25N5O2. The number of hydrogen-bond donors (Lipinski definition) is 0. The Balaban J connectivity index is 1.68. The Morgan fingerprint density at radius 2 is 1.94 bits per heavy atom. The third-order valence-electron chi connectivity index (χ3n) is 5.41. The van der Waals surface area contributed by atoms with Crippen molar-refractivity contribution in [2.45, 2.75) is 46.2 Å². The van der Waals surface area contributed by atoms with Crippen molar-refractivity contribution in [2.24, 2.45) is 0 Å². The zero-order valence-corrected chi connectivity index (χ0v) is 17.9. The van der Waals surface area contributed by atoms with Crippen LogP contribution in [0.2, 0.25) is 0 Å². The molecule has 1 aliphatic heterocycles. The topological polar surface area (TPSA) is 79.3 Å². The van der Waals surface area contributed by atoms with Crippen LogP contribution in [-0.4, -0.2) is 42.8 Å². The molecule has 1 fully saturated rings. The first kappa shape index (κ1) is 20.7. The second kappa shape index (κ2) is 8.63. The Labute approximate surface area is 181 Å². The fourth-order valence-corrected chi connectivity index (χ4v) is 3.69. The van der Waals surface area contributed by atoms with Gasteiger partial charge in [0.05, 0.1) is 35.9 Å². The maximum Gasteiger partial charge on any atom is 0.272 e. The SMILES string of the molecule is Cc1ccc(-c2cccc(C(=O)N(Cc3cnc(C)cn3)N3C(=O)CCC3C)c2)nc1. The zero-order chi connectivity index (χ0) is 22.0. The molecule has 2 aromatic heterocycles. The minimum absolute atomic E-state index is 0.0581. The van der Waals surface area contributed by atoms with Crippen LogP contribution in [0.3, 0.4) is 0 Å². The summed E-state index contributed by atoms with van der Waals surface area (Å²) in [6, 6.07) is 11.2. The molecule has 1 aromatic carbocycles. The average molecular weight is 415 g/mol. The van der Waals surface area contributed by atoms with Crippen molar-refractivity contribution in [1.82, 2.24) is 25.0 Å². The number of benzene rings is 1. The summed E-state index contributed by atoms with van der Waals surface area (Å²) in [6.07, 6.45) is 6.26. The highest BCUT2D eigenvalue weighted by Crippen LogP contribution is 2.25. The van der Waals surface area contributed by atoms with Gasteiger partial charge in [-0.2, -0.15) is 0 Å². The maximum absolute atomic E-state index is 13.6. The van der Waals surface area contributed by atoms with E-state index in [1.807, 2.05) is 51.1 Å². The minimum Gasteiger partial charge on any atom is -0.273 e. The van der Waals surface area contributed by atoms with Crippen LogP contribution >= 0.6 is 0 Å². The molecule has 0 bridgehead atoms. The summed E-state index contributed by atoms with van der Waals surface area (Å²) >= 11 is 0. The van der Waals surface area contributed by atoms with Crippen LogP contribution in [-0.2, 0) is 11.3 Å². The van der Waals surface area contributed by atoms with Gasteiger partial charge in [-0.3, -0.25) is 24.5 Å². The quantitative estimate of drug-likeness (QED) is 0.634. The van der Waals surface area contributed by atoms with Gasteiger partial charge in [-0.15, -0.1) is 0 Å². The molecule has 4 rings (SSSR count). The van der Waals surface area contributed by atoms with E-state index in [9.17, 15) is 9.59 Å². The van der Waals surface area contributed by atoms with E-state index in [4.69, 9.17) is 0 Å². The molecule has 1 unspecified atom stereocenters. The molecule has 31 heavy (non-hydrogen) atoms. The average Bonchev–Trinajstić information content (AvgIpc) is 3.11. The second-order valence-electron chi connectivity index (χ2n) is 7.94. The lowest BCUT2D eigenvalue weighted by molar-refractivity contribution is -0.143. The number of amides is 2. The predicted molar refractivity (Wildman–Crippen MR) is 117 cm³/mol. The fourth-order valence-electron chi connectivity index (χ4n) is 3.69. The van der Waals surface area contributed by atoms with Gasteiger partial charge < -0.3 is 0 Å². The van der Waals surface area contributed by atoms with E-state index < -0.39 is 0 Å². The molecule has 1 saturated heterocycles. The van der Waals surface area contributed by atoms with Crippen LogP contribution in [0.5, 0.6) is 0 Å².